The lowest BCUT2D eigenvalue weighted by atomic mass is 10.0. The summed E-state index contributed by atoms with van der Waals surface area (Å²) in [4.78, 5) is 6.13. The Labute approximate surface area is 90.4 Å². The number of nitrogens with two attached hydrogens (primary N) is 2. The van der Waals surface area contributed by atoms with E-state index in [1.165, 1.54) is 0 Å². The van der Waals surface area contributed by atoms with E-state index in [0.717, 1.165) is 17.7 Å². The Morgan fingerprint density at radius 3 is 2.67 bits per heavy atom. The normalized spacial score (nSPS) is 13.1. The van der Waals surface area contributed by atoms with Crippen molar-refractivity contribution >= 4 is 5.82 Å². The Balaban J connectivity index is 3.00. The van der Waals surface area contributed by atoms with Crippen molar-refractivity contribution in [1.82, 2.24) is 15.3 Å². The highest BCUT2D eigenvalue weighted by molar-refractivity contribution is 5.46. The van der Waals surface area contributed by atoms with Gasteiger partial charge in [-0.2, -0.15) is 0 Å². The van der Waals surface area contributed by atoms with E-state index >= 15 is 0 Å². The van der Waals surface area contributed by atoms with Gasteiger partial charge in [-0.05, 0) is 32.6 Å². The predicted octanol–water partition coefficient (Wildman–Crippen LogP) is 0.0382. The quantitative estimate of drug-likeness (QED) is 0.482. The molecule has 1 aromatic heterocycles. The number of nitrogens with zero attached hydrogens (tertiary/aromatic N) is 2. The van der Waals surface area contributed by atoms with Gasteiger partial charge in [0.25, 0.3) is 0 Å². The molecule has 0 saturated carbocycles. The summed E-state index contributed by atoms with van der Waals surface area (Å²) in [6, 6.07) is 1.94. The van der Waals surface area contributed by atoms with Crippen molar-refractivity contribution in [2.24, 2.45) is 5.84 Å². The first-order chi connectivity index (χ1) is 7.06. The lowest BCUT2D eigenvalue weighted by Gasteiger charge is -2.22. The van der Waals surface area contributed by atoms with Crippen LogP contribution >= 0.6 is 0 Å². The van der Waals surface area contributed by atoms with E-state index in [1.807, 2.05) is 27.1 Å². The second-order valence-corrected chi connectivity index (χ2v) is 3.91. The van der Waals surface area contributed by atoms with Gasteiger partial charge in [-0.1, -0.05) is 0 Å². The maximum atomic E-state index is 5.85. The smallest absolute Gasteiger partial charge is 0.128 e. The number of hydrogen-bond acceptors (Lipinski definition) is 5. The van der Waals surface area contributed by atoms with Crippen LogP contribution in [0.2, 0.25) is 0 Å². The standard InChI is InChI=1S/C10H19N5/c1-7-4-5-13-10(11)9(7)8(14-12)6-15(2)3/h4-5,8,14H,6,12H2,1-3H3,(H2,11,13). The Bertz CT molecular complexity index is 303. The number of rotatable bonds is 4. The van der Waals surface area contributed by atoms with E-state index < -0.39 is 0 Å². The number of pyridine rings is 1. The van der Waals surface area contributed by atoms with Crippen LogP contribution in [-0.4, -0.2) is 30.5 Å². The first-order valence-corrected chi connectivity index (χ1v) is 4.88. The summed E-state index contributed by atoms with van der Waals surface area (Å²) in [5.74, 6) is 6.07. The molecule has 5 N–H and O–H groups in total. The molecule has 0 fully saturated rings. The average molecular weight is 209 g/mol. The van der Waals surface area contributed by atoms with E-state index in [1.54, 1.807) is 6.20 Å². The predicted molar refractivity (Wildman–Crippen MR) is 62.0 cm³/mol. The lowest BCUT2D eigenvalue weighted by molar-refractivity contribution is 0.344. The monoisotopic (exact) mass is 209 g/mol. The third-order valence-corrected chi connectivity index (χ3v) is 2.34. The van der Waals surface area contributed by atoms with E-state index in [-0.39, 0.29) is 6.04 Å². The summed E-state index contributed by atoms with van der Waals surface area (Å²) < 4.78 is 0. The summed E-state index contributed by atoms with van der Waals surface area (Å²) in [6.07, 6.45) is 1.71. The number of nitrogen functional groups attached to an aromatic ring is 1. The van der Waals surface area contributed by atoms with Crippen LogP contribution in [0.15, 0.2) is 12.3 Å². The van der Waals surface area contributed by atoms with Crippen LogP contribution in [0.5, 0.6) is 0 Å². The largest absolute Gasteiger partial charge is 0.383 e. The molecule has 0 radical (unpaired) electrons. The molecular formula is C10H19N5. The Morgan fingerprint density at radius 1 is 1.53 bits per heavy atom. The van der Waals surface area contributed by atoms with Crippen molar-refractivity contribution in [3.8, 4) is 0 Å². The molecule has 84 valence electrons. The van der Waals surface area contributed by atoms with Gasteiger partial charge in [0.05, 0.1) is 6.04 Å². The molecule has 0 amide bonds. The highest BCUT2D eigenvalue weighted by atomic mass is 15.3. The third-order valence-electron chi connectivity index (χ3n) is 2.34. The summed E-state index contributed by atoms with van der Waals surface area (Å²) in [6.45, 7) is 2.79. The molecule has 0 aliphatic rings. The molecule has 0 aliphatic heterocycles. The molecule has 5 nitrogen and oxygen atoms in total. The second kappa shape index (κ2) is 5.06. The minimum Gasteiger partial charge on any atom is -0.383 e. The van der Waals surface area contributed by atoms with Crippen molar-refractivity contribution in [3.05, 3.63) is 23.4 Å². The lowest BCUT2D eigenvalue weighted by Crippen LogP contribution is -2.36. The molecule has 1 aromatic rings. The average Bonchev–Trinajstić information content (AvgIpc) is 2.15. The van der Waals surface area contributed by atoms with Crippen molar-refractivity contribution in [2.75, 3.05) is 26.4 Å². The molecular weight excluding hydrogens is 190 g/mol. The van der Waals surface area contributed by atoms with Crippen LogP contribution < -0.4 is 17.0 Å². The summed E-state index contributed by atoms with van der Waals surface area (Å²) in [5.41, 5.74) is 10.7. The molecule has 0 saturated heterocycles. The molecule has 0 spiro atoms. The van der Waals surface area contributed by atoms with Gasteiger partial charge >= 0.3 is 0 Å². The van der Waals surface area contributed by atoms with Crippen molar-refractivity contribution in [1.29, 1.82) is 0 Å². The first kappa shape index (κ1) is 11.9. The minimum atomic E-state index is 0.00806. The fourth-order valence-corrected chi connectivity index (χ4v) is 1.64. The Kier molecular flexibility index (Phi) is 4.02. The van der Waals surface area contributed by atoms with E-state index in [4.69, 9.17) is 11.6 Å². The van der Waals surface area contributed by atoms with Gasteiger partial charge in [0.1, 0.15) is 5.82 Å². The van der Waals surface area contributed by atoms with Crippen molar-refractivity contribution < 1.29 is 0 Å². The van der Waals surface area contributed by atoms with Crippen LogP contribution in [0.4, 0.5) is 5.82 Å². The highest BCUT2D eigenvalue weighted by Crippen LogP contribution is 2.22. The van der Waals surface area contributed by atoms with Gasteiger partial charge in [-0.3, -0.25) is 11.3 Å². The van der Waals surface area contributed by atoms with E-state index in [0.29, 0.717) is 5.82 Å². The second-order valence-electron chi connectivity index (χ2n) is 3.91. The van der Waals surface area contributed by atoms with Gasteiger partial charge in [0.2, 0.25) is 0 Å². The van der Waals surface area contributed by atoms with Crippen LogP contribution in [-0.2, 0) is 0 Å². The number of nitrogens with one attached hydrogen (secondary N) is 1. The fourth-order valence-electron chi connectivity index (χ4n) is 1.64. The van der Waals surface area contributed by atoms with Crippen LogP contribution in [0.3, 0.4) is 0 Å². The molecule has 5 heteroatoms. The van der Waals surface area contributed by atoms with Gasteiger partial charge < -0.3 is 10.6 Å². The highest BCUT2D eigenvalue weighted by Gasteiger charge is 2.16. The van der Waals surface area contributed by atoms with Gasteiger partial charge in [0, 0.05) is 18.3 Å². The fraction of sp³-hybridized carbons (Fsp3) is 0.500. The maximum absolute atomic E-state index is 5.85. The minimum absolute atomic E-state index is 0.00806. The SMILES string of the molecule is Cc1ccnc(N)c1C(CN(C)C)NN. The molecule has 1 atom stereocenters. The molecule has 0 aliphatic carbocycles. The number of aryl methyl sites for hydroxylation is 1. The molecule has 1 heterocycles. The van der Waals surface area contributed by atoms with Gasteiger partial charge in [0.15, 0.2) is 0 Å². The zero-order chi connectivity index (χ0) is 11.4. The van der Waals surface area contributed by atoms with Crippen molar-refractivity contribution in [2.45, 2.75) is 13.0 Å². The zero-order valence-corrected chi connectivity index (χ0v) is 9.49. The molecule has 1 unspecified atom stereocenters. The van der Waals surface area contributed by atoms with Gasteiger partial charge in [-0.25, -0.2) is 4.98 Å². The topological polar surface area (TPSA) is 80.2 Å². The number of likely N-dealkylation sites (N-methyl/N-ethyl adjacent to an activating group) is 1. The Hall–Kier alpha value is -1.17. The molecule has 1 rings (SSSR count). The van der Waals surface area contributed by atoms with Gasteiger partial charge in [-0.15, -0.1) is 0 Å². The van der Waals surface area contributed by atoms with Crippen LogP contribution in [0, 0.1) is 6.92 Å². The maximum Gasteiger partial charge on any atom is 0.128 e. The molecule has 0 bridgehead atoms. The third kappa shape index (κ3) is 2.89. The Morgan fingerprint density at radius 2 is 2.20 bits per heavy atom. The summed E-state index contributed by atoms with van der Waals surface area (Å²) in [7, 11) is 3.98. The van der Waals surface area contributed by atoms with Crippen LogP contribution in [0.25, 0.3) is 0 Å². The first-order valence-electron chi connectivity index (χ1n) is 4.88. The summed E-state index contributed by atoms with van der Waals surface area (Å²) >= 11 is 0. The number of hydrazine groups is 1. The van der Waals surface area contributed by atoms with E-state index in [9.17, 15) is 0 Å². The van der Waals surface area contributed by atoms with Crippen molar-refractivity contribution in [3.63, 3.8) is 0 Å². The van der Waals surface area contributed by atoms with Crippen LogP contribution in [0.1, 0.15) is 17.2 Å². The molecule has 0 aromatic carbocycles. The molecule has 15 heavy (non-hydrogen) atoms. The van der Waals surface area contributed by atoms with E-state index in [2.05, 4.69) is 15.3 Å². The summed E-state index contributed by atoms with van der Waals surface area (Å²) in [5, 5.41) is 0. The number of aromatic nitrogens is 1. The zero-order valence-electron chi connectivity index (χ0n) is 9.49. The number of hydrogen-bond donors (Lipinski definition) is 3. The number of anilines is 1.